The summed E-state index contributed by atoms with van der Waals surface area (Å²) in [5, 5.41) is 0. The minimum absolute atomic E-state index is 0.0467. The van der Waals surface area contributed by atoms with Crippen LogP contribution in [-0.4, -0.2) is 49.9 Å². The molecular weight excluding hydrogens is 292 g/mol. The number of hydrogen-bond acceptors (Lipinski definition) is 4. The van der Waals surface area contributed by atoms with Gasteiger partial charge in [-0.25, -0.2) is 0 Å². The predicted octanol–water partition coefficient (Wildman–Crippen LogP) is 1.85. The molecule has 120 valence electrons. The zero-order chi connectivity index (χ0) is 15.3. The molecule has 0 saturated carbocycles. The number of hydrogen-bond donors (Lipinski definition) is 0. The van der Waals surface area contributed by atoms with Crippen molar-refractivity contribution in [3.63, 3.8) is 0 Å². The number of methoxy groups -OCH3 is 1. The topological polar surface area (TPSA) is 63.0 Å². The van der Waals surface area contributed by atoms with Crippen molar-refractivity contribution in [1.29, 1.82) is 0 Å². The van der Waals surface area contributed by atoms with Crippen LogP contribution in [0.25, 0.3) is 0 Å². The number of rotatable bonds is 7. The molecule has 0 bridgehead atoms. The molecule has 2 heterocycles. The Labute approximate surface area is 126 Å². The first-order chi connectivity index (χ1) is 10.1. The third kappa shape index (κ3) is 4.06. The summed E-state index contributed by atoms with van der Waals surface area (Å²) in [6, 6.07) is 3.60. The van der Waals surface area contributed by atoms with E-state index in [1.54, 1.807) is 29.8 Å². The second-order valence-electron chi connectivity index (χ2n) is 5.37. The fourth-order valence-electron chi connectivity index (χ4n) is 2.61. The fraction of sp³-hybridized carbons (Fsp3) is 0.714. The Morgan fingerprint density at radius 3 is 2.90 bits per heavy atom. The van der Waals surface area contributed by atoms with Crippen LogP contribution in [0.5, 0.6) is 0 Å². The quantitative estimate of drug-likeness (QED) is 0.770. The van der Waals surface area contributed by atoms with E-state index >= 15 is 0 Å². The summed E-state index contributed by atoms with van der Waals surface area (Å²) >= 11 is 0. The van der Waals surface area contributed by atoms with Crippen LogP contribution in [0.4, 0.5) is 0 Å². The number of piperidine rings is 1. The minimum Gasteiger partial charge on any atom is -0.468 e. The molecule has 7 heteroatoms. The maximum absolute atomic E-state index is 12.9. The SMILES string of the molecule is COCCN(Cc1ccco1)S(=O)(=O)N1CCCC[C@H]1C. The summed E-state index contributed by atoms with van der Waals surface area (Å²) < 4.78 is 39.1. The molecule has 1 atom stereocenters. The molecule has 0 radical (unpaired) electrons. The number of furan rings is 1. The van der Waals surface area contributed by atoms with Gasteiger partial charge in [0.2, 0.25) is 0 Å². The highest BCUT2D eigenvalue weighted by Gasteiger charge is 2.34. The molecule has 0 N–H and O–H groups in total. The smallest absolute Gasteiger partial charge is 0.282 e. The number of nitrogens with zero attached hydrogens (tertiary/aromatic N) is 2. The molecule has 0 unspecified atom stereocenters. The maximum atomic E-state index is 12.9. The van der Waals surface area contributed by atoms with E-state index in [-0.39, 0.29) is 12.6 Å². The van der Waals surface area contributed by atoms with Crippen molar-refractivity contribution in [3.8, 4) is 0 Å². The van der Waals surface area contributed by atoms with Gasteiger partial charge in [0, 0.05) is 26.2 Å². The summed E-state index contributed by atoms with van der Waals surface area (Å²) in [5.41, 5.74) is 0. The molecule has 1 fully saturated rings. The first-order valence-corrected chi connectivity index (χ1v) is 8.73. The van der Waals surface area contributed by atoms with Gasteiger partial charge in [0.25, 0.3) is 10.2 Å². The van der Waals surface area contributed by atoms with Crippen molar-refractivity contribution < 1.29 is 17.6 Å². The van der Waals surface area contributed by atoms with Gasteiger partial charge in [0.1, 0.15) is 5.76 Å². The Kier molecular flexibility index (Phi) is 5.80. The molecule has 1 aliphatic heterocycles. The lowest BCUT2D eigenvalue weighted by Gasteiger charge is -2.36. The molecule has 0 aromatic carbocycles. The van der Waals surface area contributed by atoms with Crippen molar-refractivity contribution in [1.82, 2.24) is 8.61 Å². The van der Waals surface area contributed by atoms with E-state index in [1.807, 2.05) is 6.92 Å². The monoisotopic (exact) mass is 316 g/mol. The molecule has 21 heavy (non-hydrogen) atoms. The van der Waals surface area contributed by atoms with Gasteiger partial charge in [-0.1, -0.05) is 6.42 Å². The molecule has 1 aromatic rings. The van der Waals surface area contributed by atoms with E-state index in [0.29, 0.717) is 25.5 Å². The third-order valence-corrected chi connectivity index (χ3v) is 5.92. The Hall–Kier alpha value is -0.890. The average Bonchev–Trinajstić information content (AvgIpc) is 2.96. The van der Waals surface area contributed by atoms with Gasteiger partial charge >= 0.3 is 0 Å². The molecule has 1 aromatic heterocycles. The van der Waals surface area contributed by atoms with E-state index in [9.17, 15) is 8.42 Å². The minimum atomic E-state index is -3.49. The van der Waals surface area contributed by atoms with Crippen molar-refractivity contribution in [3.05, 3.63) is 24.2 Å². The van der Waals surface area contributed by atoms with Gasteiger partial charge in [0.05, 0.1) is 19.4 Å². The second kappa shape index (κ2) is 7.40. The third-order valence-electron chi connectivity index (χ3n) is 3.82. The van der Waals surface area contributed by atoms with Gasteiger partial charge in [-0.05, 0) is 31.9 Å². The number of ether oxygens (including phenoxy) is 1. The Morgan fingerprint density at radius 1 is 1.48 bits per heavy atom. The Morgan fingerprint density at radius 2 is 2.29 bits per heavy atom. The molecule has 0 spiro atoms. The van der Waals surface area contributed by atoms with Gasteiger partial charge < -0.3 is 9.15 Å². The van der Waals surface area contributed by atoms with Crippen LogP contribution in [-0.2, 0) is 21.5 Å². The zero-order valence-corrected chi connectivity index (χ0v) is 13.5. The van der Waals surface area contributed by atoms with E-state index < -0.39 is 10.2 Å². The maximum Gasteiger partial charge on any atom is 0.282 e. The molecule has 1 saturated heterocycles. The second-order valence-corrected chi connectivity index (χ2v) is 7.25. The summed E-state index contributed by atoms with van der Waals surface area (Å²) in [6.07, 6.45) is 4.48. The van der Waals surface area contributed by atoms with Crippen LogP contribution >= 0.6 is 0 Å². The zero-order valence-electron chi connectivity index (χ0n) is 12.7. The molecular formula is C14H24N2O4S. The molecule has 1 aliphatic rings. The highest BCUT2D eigenvalue weighted by molar-refractivity contribution is 7.86. The van der Waals surface area contributed by atoms with Gasteiger partial charge in [-0.15, -0.1) is 0 Å². The van der Waals surface area contributed by atoms with Crippen LogP contribution < -0.4 is 0 Å². The highest BCUT2D eigenvalue weighted by Crippen LogP contribution is 2.23. The molecule has 0 aliphatic carbocycles. The lowest BCUT2D eigenvalue weighted by Crippen LogP contribution is -2.50. The van der Waals surface area contributed by atoms with Crippen LogP contribution in [0.1, 0.15) is 31.9 Å². The normalized spacial score (nSPS) is 21.0. The van der Waals surface area contributed by atoms with E-state index in [1.165, 1.54) is 4.31 Å². The van der Waals surface area contributed by atoms with E-state index in [4.69, 9.17) is 9.15 Å². The van der Waals surface area contributed by atoms with Crippen molar-refractivity contribution in [2.45, 2.75) is 38.8 Å². The van der Waals surface area contributed by atoms with Crippen LogP contribution in [0.3, 0.4) is 0 Å². The Balaban J connectivity index is 2.16. The lowest BCUT2D eigenvalue weighted by atomic mass is 10.1. The van der Waals surface area contributed by atoms with Crippen LogP contribution in [0.2, 0.25) is 0 Å². The fourth-order valence-corrected chi connectivity index (χ4v) is 4.42. The highest BCUT2D eigenvalue weighted by atomic mass is 32.2. The van der Waals surface area contributed by atoms with Gasteiger partial charge in [0.15, 0.2) is 0 Å². The molecule has 0 amide bonds. The van der Waals surface area contributed by atoms with Crippen LogP contribution in [0.15, 0.2) is 22.8 Å². The summed E-state index contributed by atoms with van der Waals surface area (Å²) in [5.74, 6) is 0.638. The first-order valence-electron chi connectivity index (χ1n) is 7.34. The lowest BCUT2D eigenvalue weighted by molar-refractivity contribution is 0.166. The Bertz CT molecular complexity index is 515. The summed E-state index contributed by atoms with van der Waals surface area (Å²) in [6.45, 7) is 3.48. The van der Waals surface area contributed by atoms with Crippen molar-refractivity contribution >= 4 is 10.2 Å². The molecule has 6 nitrogen and oxygen atoms in total. The van der Waals surface area contributed by atoms with Crippen molar-refractivity contribution in [2.75, 3.05) is 26.8 Å². The standard InChI is InChI=1S/C14H24N2O4S/c1-13-6-3-4-8-16(13)21(17,18)15(9-11-19-2)12-14-7-5-10-20-14/h5,7,10,13H,3-4,6,8-9,11-12H2,1-2H3/t13-/m1/s1. The summed E-state index contributed by atoms with van der Waals surface area (Å²) in [7, 11) is -1.92. The average molecular weight is 316 g/mol. The largest absolute Gasteiger partial charge is 0.468 e. The van der Waals surface area contributed by atoms with Gasteiger partial charge in [-0.3, -0.25) is 0 Å². The van der Waals surface area contributed by atoms with E-state index in [2.05, 4.69) is 0 Å². The van der Waals surface area contributed by atoms with E-state index in [0.717, 1.165) is 19.3 Å². The summed E-state index contributed by atoms with van der Waals surface area (Å²) in [4.78, 5) is 0. The molecule has 2 rings (SSSR count). The van der Waals surface area contributed by atoms with Crippen molar-refractivity contribution in [2.24, 2.45) is 0 Å². The first kappa shape index (κ1) is 16.5. The van der Waals surface area contributed by atoms with Gasteiger partial charge in [-0.2, -0.15) is 17.0 Å². The van der Waals surface area contributed by atoms with Crippen LogP contribution in [0, 0.1) is 0 Å². The predicted molar refractivity (Wildman–Crippen MR) is 79.9 cm³/mol.